The van der Waals surface area contributed by atoms with Crippen LogP contribution in [0.2, 0.25) is 0 Å². The van der Waals surface area contributed by atoms with Crippen molar-refractivity contribution in [1.82, 2.24) is 4.98 Å². The molecule has 6 heteroatoms. The molecule has 0 fully saturated rings. The SMILES string of the molecule is N#CCc1nc(F)c(C(F)F)cc1C#N. The number of rotatable bonds is 2. The zero-order valence-electron chi connectivity index (χ0n) is 7.34. The third-order valence-electron chi connectivity index (χ3n) is 1.68. The van der Waals surface area contributed by atoms with Gasteiger partial charge in [-0.05, 0) is 6.07 Å². The fourth-order valence-electron chi connectivity index (χ4n) is 1.00. The molecule has 3 nitrogen and oxygen atoms in total. The van der Waals surface area contributed by atoms with Crippen molar-refractivity contribution in [3.05, 3.63) is 28.8 Å². The number of hydrogen-bond acceptors (Lipinski definition) is 3. The zero-order chi connectivity index (χ0) is 11.4. The molecule has 0 unspecified atom stereocenters. The predicted molar refractivity (Wildman–Crippen MR) is 43.2 cm³/mol. The lowest BCUT2D eigenvalue weighted by atomic mass is 10.1. The lowest BCUT2D eigenvalue weighted by Gasteiger charge is -2.04. The monoisotopic (exact) mass is 211 g/mol. The fraction of sp³-hybridized carbons (Fsp3) is 0.222. The molecule has 1 aromatic heterocycles. The molecular formula is C9H4F3N3. The second kappa shape index (κ2) is 4.43. The van der Waals surface area contributed by atoms with Crippen LogP contribution in [0.3, 0.4) is 0 Å². The first-order valence-electron chi connectivity index (χ1n) is 3.84. The van der Waals surface area contributed by atoms with E-state index < -0.39 is 17.9 Å². The van der Waals surface area contributed by atoms with Crippen LogP contribution in [0.25, 0.3) is 0 Å². The summed E-state index contributed by atoms with van der Waals surface area (Å²) in [4.78, 5) is 3.16. The molecule has 1 heterocycles. The van der Waals surface area contributed by atoms with E-state index in [4.69, 9.17) is 10.5 Å². The minimum atomic E-state index is -3.03. The molecule has 0 spiro atoms. The second-order valence-electron chi connectivity index (χ2n) is 2.61. The molecule has 0 aliphatic heterocycles. The maximum Gasteiger partial charge on any atom is 0.268 e. The van der Waals surface area contributed by atoms with E-state index >= 15 is 0 Å². The van der Waals surface area contributed by atoms with Gasteiger partial charge in [-0.15, -0.1) is 0 Å². The Morgan fingerprint density at radius 1 is 1.40 bits per heavy atom. The van der Waals surface area contributed by atoms with Crippen molar-refractivity contribution >= 4 is 0 Å². The van der Waals surface area contributed by atoms with Gasteiger partial charge in [-0.1, -0.05) is 0 Å². The Bertz CT molecular complexity index is 457. The summed E-state index contributed by atoms with van der Waals surface area (Å²) in [5.74, 6) is -1.34. The van der Waals surface area contributed by atoms with Crippen molar-refractivity contribution < 1.29 is 13.2 Å². The van der Waals surface area contributed by atoms with Gasteiger partial charge in [0.05, 0.1) is 29.3 Å². The van der Waals surface area contributed by atoms with Gasteiger partial charge in [0.2, 0.25) is 5.95 Å². The Morgan fingerprint density at radius 3 is 2.53 bits per heavy atom. The molecule has 0 aliphatic carbocycles. The summed E-state index contributed by atoms with van der Waals surface area (Å²) in [7, 11) is 0. The molecule has 1 rings (SSSR count). The Labute approximate surface area is 83.4 Å². The minimum absolute atomic E-state index is 0.123. The number of halogens is 3. The van der Waals surface area contributed by atoms with Crippen LogP contribution in [0.1, 0.15) is 23.2 Å². The maximum absolute atomic E-state index is 12.9. The van der Waals surface area contributed by atoms with E-state index in [1.165, 1.54) is 0 Å². The molecule has 0 aromatic carbocycles. The van der Waals surface area contributed by atoms with Crippen molar-refractivity contribution in [2.24, 2.45) is 0 Å². The van der Waals surface area contributed by atoms with E-state index in [0.29, 0.717) is 0 Å². The summed E-state index contributed by atoms with van der Waals surface area (Å²) in [6, 6.07) is 3.98. The molecule has 76 valence electrons. The maximum atomic E-state index is 12.9. The lowest BCUT2D eigenvalue weighted by Crippen LogP contribution is -2.02. The standard InChI is InChI=1S/C9H4F3N3/c10-8(11)6-3-5(4-14)7(1-2-13)15-9(6)12/h3,8H,1H2. The van der Waals surface area contributed by atoms with E-state index in [9.17, 15) is 13.2 Å². The predicted octanol–water partition coefficient (Wildman–Crippen LogP) is 2.10. The van der Waals surface area contributed by atoms with Gasteiger partial charge in [-0.3, -0.25) is 0 Å². The van der Waals surface area contributed by atoms with E-state index in [1.54, 1.807) is 12.1 Å². The van der Waals surface area contributed by atoms with Crippen LogP contribution < -0.4 is 0 Å². The summed E-state index contributed by atoms with van der Waals surface area (Å²) in [6.45, 7) is 0. The molecule has 0 amide bonds. The molecule has 0 saturated heterocycles. The van der Waals surface area contributed by atoms with Gasteiger partial charge in [0, 0.05) is 0 Å². The van der Waals surface area contributed by atoms with Crippen LogP contribution >= 0.6 is 0 Å². The molecule has 0 atom stereocenters. The van der Waals surface area contributed by atoms with Crippen LogP contribution in [0, 0.1) is 28.6 Å². The number of aromatic nitrogens is 1. The van der Waals surface area contributed by atoms with Crippen LogP contribution in [-0.4, -0.2) is 4.98 Å². The van der Waals surface area contributed by atoms with E-state index in [0.717, 1.165) is 6.07 Å². The van der Waals surface area contributed by atoms with Gasteiger partial charge >= 0.3 is 0 Å². The number of alkyl halides is 2. The summed E-state index contributed by atoms with van der Waals surface area (Å²) in [6.07, 6.45) is -3.32. The molecule has 0 N–H and O–H groups in total. The zero-order valence-corrected chi connectivity index (χ0v) is 7.34. The van der Waals surface area contributed by atoms with Crippen LogP contribution in [-0.2, 0) is 6.42 Å². The molecule has 15 heavy (non-hydrogen) atoms. The molecule has 0 saturated carbocycles. The number of nitriles is 2. The van der Waals surface area contributed by atoms with E-state index in [2.05, 4.69) is 4.98 Å². The topological polar surface area (TPSA) is 60.5 Å². The quantitative estimate of drug-likeness (QED) is 0.703. The van der Waals surface area contributed by atoms with Gasteiger partial charge in [-0.25, -0.2) is 13.8 Å². The Balaban J connectivity index is 3.32. The second-order valence-corrected chi connectivity index (χ2v) is 2.61. The van der Waals surface area contributed by atoms with Gasteiger partial charge < -0.3 is 0 Å². The fourth-order valence-corrected chi connectivity index (χ4v) is 1.00. The largest absolute Gasteiger partial charge is 0.268 e. The number of hydrogen-bond donors (Lipinski definition) is 0. The van der Waals surface area contributed by atoms with Crippen molar-refractivity contribution in [3.63, 3.8) is 0 Å². The average molecular weight is 211 g/mol. The third kappa shape index (κ3) is 2.23. The van der Waals surface area contributed by atoms with Gasteiger partial charge in [-0.2, -0.15) is 14.9 Å². The van der Waals surface area contributed by atoms with Crippen molar-refractivity contribution in [2.45, 2.75) is 12.8 Å². The van der Waals surface area contributed by atoms with Crippen molar-refractivity contribution in [2.75, 3.05) is 0 Å². The van der Waals surface area contributed by atoms with Crippen molar-refractivity contribution in [3.8, 4) is 12.1 Å². The molecule has 0 radical (unpaired) electrons. The highest BCUT2D eigenvalue weighted by Gasteiger charge is 2.18. The molecule has 1 aromatic rings. The first kappa shape index (κ1) is 11.0. The first-order valence-corrected chi connectivity index (χ1v) is 3.84. The average Bonchev–Trinajstić information content (AvgIpc) is 2.18. The summed E-state index contributed by atoms with van der Waals surface area (Å²) in [5, 5.41) is 16.9. The van der Waals surface area contributed by atoms with Gasteiger partial charge in [0.1, 0.15) is 6.07 Å². The Hall–Kier alpha value is -2.08. The highest BCUT2D eigenvalue weighted by atomic mass is 19.3. The smallest absolute Gasteiger partial charge is 0.222 e. The minimum Gasteiger partial charge on any atom is -0.222 e. The van der Waals surface area contributed by atoms with Crippen LogP contribution in [0.15, 0.2) is 6.07 Å². The number of pyridine rings is 1. The lowest BCUT2D eigenvalue weighted by molar-refractivity contribution is 0.145. The van der Waals surface area contributed by atoms with Gasteiger partial charge in [0.15, 0.2) is 0 Å². The third-order valence-corrected chi connectivity index (χ3v) is 1.68. The summed E-state index contributed by atoms with van der Waals surface area (Å²) >= 11 is 0. The highest BCUT2D eigenvalue weighted by Crippen LogP contribution is 2.23. The van der Waals surface area contributed by atoms with E-state index in [-0.39, 0.29) is 17.7 Å². The van der Waals surface area contributed by atoms with Crippen molar-refractivity contribution in [1.29, 1.82) is 10.5 Å². The molecule has 0 aliphatic rings. The first-order chi connectivity index (χ1) is 7.10. The number of nitrogens with zero attached hydrogens (tertiary/aromatic N) is 3. The molecule has 0 bridgehead atoms. The summed E-state index contributed by atoms with van der Waals surface area (Å²) in [5.41, 5.74) is -1.25. The molecular weight excluding hydrogens is 207 g/mol. The van der Waals surface area contributed by atoms with Crippen LogP contribution in [0.4, 0.5) is 13.2 Å². The Morgan fingerprint density at radius 2 is 2.07 bits per heavy atom. The van der Waals surface area contributed by atoms with E-state index in [1.807, 2.05) is 0 Å². The normalized spacial score (nSPS) is 9.73. The van der Waals surface area contributed by atoms with Crippen LogP contribution in [0.5, 0.6) is 0 Å². The highest BCUT2D eigenvalue weighted by molar-refractivity contribution is 5.38. The van der Waals surface area contributed by atoms with Gasteiger partial charge in [0.25, 0.3) is 6.43 Å². The Kier molecular flexibility index (Phi) is 3.25. The summed E-state index contributed by atoms with van der Waals surface area (Å²) < 4.78 is 37.3.